The number of unbranched alkanes of at least 4 members (excludes halogenated alkanes) is 1. The third kappa shape index (κ3) is 5.40. The summed E-state index contributed by atoms with van der Waals surface area (Å²) in [6, 6.07) is 0. The molecule has 0 rings (SSSR count). The average molecular weight is 215 g/mol. The third-order valence-corrected chi connectivity index (χ3v) is 2.60. The quantitative estimate of drug-likeness (QED) is 0.687. The highest BCUT2D eigenvalue weighted by Crippen LogP contribution is 2.13. The largest absolute Gasteiger partial charge is 0.474 e. The molecule has 0 saturated carbocycles. The number of carboxylic acid groups (broad SMARTS) is 1. The molecule has 0 bridgehead atoms. The van der Waals surface area contributed by atoms with Gasteiger partial charge in [0.05, 0.1) is 0 Å². The predicted octanol–water partition coefficient (Wildman–Crippen LogP) is 1.75. The monoisotopic (exact) mass is 215 g/mol. The number of amides is 1. The van der Waals surface area contributed by atoms with Crippen LogP contribution in [0.2, 0.25) is 0 Å². The van der Waals surface area contributed by atoms with E-state index in [1.54, 1.807) is 7.05 Å². The maximum Gasteiger partial charge on any atom is 0.394 e. The molecule has 1 N–H and O–H groups in total. The maximum atomic E-state index is 11.1. The average Bonchev–Trinajstić information content (AvgIpc) is 2.22. The van der Waals surface area contributed by atoms with Gasteiger partial charge in [-0.05, 0) is 12.3 Å². The molecule has 0 radical (unpaired) electrons. The Labute approximate surface area is 91.3 Å². The Morgan fingerprint density at radius 3 is 2.33 bits per heavy atom. The van der Waals surface area contributed by atoms with Crippen LogP contribution < -0.4 is 0 Å². The maximum absolute atomic E-state index is 11.1. The lowest BCUT2D eigenvalue weighted by Gasteiger charge is -2.21. The van der Waals surface area contributed by atoms with E-state index in [1.807, 2.05) is 0 Å². The van der Waals surface area contributed by atoms with Gasteiger partial charge >= 0.3 is 11.9 Å². The Kier molecular flexibility index (Phi) is 6.75. The van der Waals surface area contributed by atoms with Gasteiger partial charge in [0.25, 0.3) is 0 Å². The van der Waals surface area contributed by atoms with Crippen LogP contribution in [0.1, 0.15) is 39.5 Å². The molecule has 0 spiro atoms. The molecule has 0 heterocycles. The minimum absolute atomic E-state index is 0.415. The van der Waals surface area contributed by atoms with Gasteiger partial charge in [0, 0.05) is 13.6 Å². The van der Waals surface area contributed by atoms with Crippen molar-refractivity contribution in [1.29, 1.82) is 0 Å². The van der Waals surface area contributed by atoms with Crippen LogP contribution in [0.3, 0.4) is 0 Å². The molecule has 4 nitrogen and oxygen atoms in total. The molecule has 0 fully saturated rings. The number of nitrogens with zero attached hydrogens (tertiary/aromatic N) is 1. The molecule has 1 amide bonds. The second-order valence-corrected chi connectivity index (χ2v) is 3.91. The van der Waals surface area contributed by atoms with Crippen LogP contribution in [-0.2, 0) is 9.59 Å². The van der Waals surface area contributed by atoms with Gasteiger partial charge in [-0.1, -0.05) is 33.1 Å². The summed E-state index contributed by atoms with van der Waals surface area (Å²) in [5, 5.41) is 8.52. The molecule has 4 heteroatoms. The minimum Gasteiger partial charge on any atom is -0.474 e. The summed E-state index contributed by atoms with van der Waals surface area (Å²) >= 11 is 0. The zero-order valence-electron chi connectivity index (χ0n) is 9.82. The molecular formula is C11H21NO3. The summed E-state index contributed by atoms with van der Waals surface area (Å²) in [5.74, 6) is -1.77. The fourth-order valence-electron chi connectivity index (χ4n) is 1.55. The lowest BCUT2D eigenvalue weighted by atomic mass is 9.99. The number of carbonyl (C=O) groups excluding carboxylic acids is 1. The van der Waals surface area contributed by atoms with Crippen LogP contribution >= 0.6 is 0 Å². The van der Waals surface area contributed by atoms with E-state index in [9.17, 15) is 9.59 Å². The lowest BCUT2D eigenvalue weighted by molar-refractivity contribution is -0.155. The van der Waals surface area contributed by atoms with E-state index in [0.717, 1.165) is 25.7 Å². The van der Waals surface area contributed by atoms with E-state index >= 15 is 0 Å². The molecule has 0 aromatic carbocycles. The first-order valence-corrected chi connectivity index (χ1v) is 5.51. The molecule has 88 valence electrons. The number of likely N-dealkylation sites (N-methyl/N-ethyl adjacent to an activating group) is 1. The molecule has 15 heavy (non-hydrogen) atoms. The van der Waals surface area contributed by atoms with Crippen molar-refractivity contribution < 1.29 is 14.7 Å². The van der Waals surface area contributed by atoms with Gasteiger partial charge in [0.1, 0.15) is 0 Å². The summed E-state index contributed by atoms with van der Waals surface area (Å²) in [7, 11) is 1.55. The van der Waals surface area contributed by atoms with Crippen LogP contribution in [0, 0.1) is 5.92 Å². The number of aliphatic carboxylic acids is 1. The summed E-state index contributed by atoms with van der Waals surface area (Å²) in [6.45, 7) is 4.74. The molecule has 0 aliphatic carbocycles. The fraction of sp³-hybridized carbons (Fsp3) is 0.818. The predicted molar refractivity (Wildman–Crippen MR) is 58.6 cm³/mol. The van der Waals surface area contributed by atoms with Gasteiger partial charge in [-0.15, -0.1) is 0 Å². The normalized spacial score (nSPS) is 12.2. The van der Waals surface area contributed by atoms with Crippen LogP contribution in [0.5, 0.6) is 0 Å². The van der Waals surface area contributed by atoms with Crippen molar-refractivity contribution in [3.63, 3.8) is 0 Å². The SMILES string of the molecule is CCCCC(CC)CN(C)C(=O)C(=O)O. The molecule has 0 saturated heterocycles. The smallest absolute Gasteiger partial charge is 0.394 e. The minimum atomic E-state index is -1.37. The zero-order chi connectivity index (χ0) is 11.8. The van der Waals surface area contributed by atoms with Crippen LogP contribution in [0.25, 0.3) is 0 Å². The standard InChI is InChI=1S/C11H21NO3/c1-4-6-7-9(5-2)8-12(3)10(13)11(14)15/h9H,4-8H2,1-3H3,(H,14,15). The van der Waals surface area contributed by atoms with Crippen LogP contribution in [0.4, 0.5) is 0 Å². The highest BCUT2D eigenvalue weighted by molar-refractivity contribution is 6.31. The van der Waals surface area contributed by atoms with Crippen molar-refractivity contribution in [3.05, 3.63) is 0 Å². The topological polar surface area (TPSA) is 57.6 Å². The van der Waals surface area contributed by atoms with Gasteiger partial charge in [0.2, 0.25) is 0 Å². The number of rotatable bonds is 6. The lowest BCUT2D eigenvalue weighted by Crippen LogP contribution is -2.36. The van der Waals surface area contributed by atoms with Gasteiger partial charge in [-0.25, -0.2) is 4.79 Å². The van der Waals surface area contributed by atoms with Crippen molar-refractivity contribution in [2.24, 2.45) is 5.92 Å². The van der Waals surface area contributed by atoms with E-state index in [4.69, 9.17) is 5.11 Å². The number of hydrogen-bond donors (Lipinski definition) is 1. The second kappa shape index (κ2) is 7.26. The van der Waals surface area contributed by atoms with E-state index in [2.05, 4.69) is 13.8 Å². The Balaban J connectivity index is 4.05. The van der Waals surface area contributed by atoms with Gasteiger partial charge in [0.15, 0.2) is 0 Å². The Morgan fingerprint density at radius 2 is 1.93 bits per heavy atom. The summed E-state index contributed by atoms with van der Waals surface area (Å²) in [5.41, 5.74) is 0. The molecule has 0 aliphatic rings. The molecular weight excluding hydrogens is 194 g/mol. The molecule has 0 aromatic heterocycles. The summed E-state index contributed by atoms with van der Waals surface area (Å²) in [4.78, 5) is 22.8. The molecule has 1 atom stereocenters. The van der Waals surface area contributed by atoms with Crippen molar-refractivity contribution >= 4 is 11.9 Å². The first-order valence-electron chi connectivity index (χ1n) is 5.51. The third-order valence-electron chi connectivity index (χ3n) is 2.60. The number of hydrogen-bond acceptors (Lipinski definition) is 2. The Morgan fingerprint density at radius 1 is 1.33 bits per heavy atom. The van der Waals surface area contributed by atoms with Crippen molar-refractivity contribution in [1.82, 2.24) is 4.90 Å². The van der Waals surface area contributed by atoms with Crippen molar-refractivity contribution in [3.8, 4) is 0 Å². The van der Waals surface area contributed by atoms with Crippen molar-refractivity contribution in [2.75, 3.05) is 13.6 Å². The first kappa shape index (κ1) is 13.9. The van der Waals surface area contributed by atoms with Crippen LogP contribution in [-0.4, -0.2) is 35.5 Å². The summed E-state index contributed by atoms with van der Waals surface area (Å²) < 4.78 is 0. The Hall–Kier alpha value is -1.06. The van der Waals surface area contributed by atoms with E-state index in [-0.39, 0.29) is 0 Å². The van der Waals surface area contributed by atoms with E-state index in [0.29, 0.717) is 12.5 Å². The first-order chi connectivity index (χ1) is 7.02. The molecule has 0 aromatic rings. The highest BCUT2D eigenvalue weighted by Gasteiger charge is 2.19. The van der Waals surface area contributed by atoms with Gasteiger partial charge in [-0.3, -0.25) is 4.79 Å². The van der Waals surface area contributed by atoms with E-state index < -0.39 is 11.9 Å². The molecule has 0 aliphatic heterocycles. The summed E-state index contributed by atoms with van der Waals surface area (Å²) in [6.07, 6.45) is 4.31. The number of carbonyl (C=O) groups is 2. The Bertz CT molecular complexity index is 216. The number of carboxylic acids is 1. The fourth-order valence-corrected chi connectivity index (χ4v) is 1.55. The van der Waals surface area contributed by atoms with E-state index in [1.165, 1.54) is 4.90 Å². The van der Waals surface area contributed by atoms with Gasteiger partial charge < -0.3 is 10.0 Å². The second-order valence-electron chi connectivity index (χ2n) is 3.91. The highest BCUT2D eigenvalue weighted by atomic mass is 16.4. The van der Waals surface area contributed by atoms with Crippen LogP contribution in [0.15, 0.2) is 0 Å². The van der Waals surface area contributed by atoms with Crippen molar-refractivity contribution in [2.45, 2.75) is 39.5 Å². The molecule has 1 unspecified atom stereocenters. The van der Waals surface area contributed by atoms with Gasteiger partial charge in [-0.2, -0.15) is 0 Å². The zero-order valence-corrected chi connectivity index (χ0v) is 9.82.